The van der Waals surface area contributed by atoms with Crippen LogP contribution >= 0.6 is 46.1 Å². The number of thiophene rings is 1. The van der Waals surface area contributed by atoms with Crippen molar-refractivity contribution >= 4 is 62.1 Å². The summed E-state index contributed by atoms with van der Waals surface area (Å²) >= 11 is 19.2. The fraction of sp³-hybridized carbons (Fsp3) is 0.0625. The predicted octanol–water partition coefficient (Wildman–Crippen LogP) is 5.93. The van der Waals surface area contributed by atoms with Crippen molar-refractivity contribution in [3.63, 3.8) is 0 Å². The first kappa shape index (κ1) is 16.5. The van der Waals surface area contributed by atoms with Gasteiger partial charge in [0.05, 0.1) is 5.02 Å². The lowest BCUT2D eigenvalue weighted by Gasteiger charge is -2.06. The summed E-state index contributed by atoms with van der Waals surface area (Å²) in [7, 11) is 0. The molecule has 1 heterocycles. The summed E-state index contributed by atoms with van der Waals surface area (Å²) in [5, 5.41) is 4.12. The van der Waals surface area contributed by atoms with Crippen LogP contribution in [0, 0.1) is 5.82 Å². The van der Waals surface area contributed by atoms with E-state index in [0.29, 0.717) is 14.7 Å². The summed E-state index contributed by atoms with van der Waals surface area (Å²) in [5.41, 5.74) is 0.729. The van der Waals surface area contributed by atoms with E-state index in [1.54, 1.807) is 30.3 Å². The van der Waals surface area contributed by atoms with Crippen LogP contribution in [0.2, 0.25) is 15.1 Å². The van der Waals surface area contributed by atoms with Crippen LogP contribution in [0.25, 0.3) is 10.1 Å². The number of amides is 1. The number of carbonyl (C=O) groups is 1. The van der Waals surface area contributed by atoms with Gasteiger partial charge in [0.15, 0.2) is 0 Å². The molecule has 0 bridgehead atoms. The highest BCUT2D eigenvalue weighted by atomic mass is 35.5. The first-order chi connectivity index (χ1) is 11.0. The second-order valence-corrected chi connectivity index (χ2v) is 7.05. The van der Waals surface area contributed by atoms with Crippen molar-refractivity contribution in [3.05, 3.63) is 67.7 Å². The third-order valence-electron chi connectivity index (χ3n) is 3.27. The smallest absolute Gasteiger partial charge is 0.263 e. The molecule has 0 fully saturated rings. The molecule has 0 radical (unpaired) electrons. The maximum absolute atomic E-state index is 13.8. The molecule has 0 aliphatic rings. The molecule has 1 N–H and O–H groups in total. The Hall–Kier alpha value is -1.33. The van der Waals surface area contributed by atoms with E-state index >= 15 is 0 Å². The van der Waals surface area contributed by atoms with Gasteiger partial charge in [0.1, 0.15) is 10.7 Å². The molecular weight excluding hydrogens is 380 g/mol. The number of carbonyl (C=O) groups excluding carboxylic acids is 1. The van der Waals surface area contributed by atoms with Gasteiger partial charge >= 0.3 is 0 Å². The quantitative estimate of drug-likeness (QED) is 0.592. The maximum atomic E-state index is 13.8. The molecule has 3 rings (SSSR count). The van der Waals surface area contributed by atoms with Gasteiger partial charge in [-0.25, -0.2) is 4.39 Å². The Morgan fingerprint density at radius 3 is 2.65 bits per heavy atom. The van der Waals surface area contributed by atoms with Gasteiger partial charge in [-0.05, 0) is 29.8 Å². The van der Waals surface area contributed by atoms with Gasteiger partial charge in [0.25, 0.3) is 5.91 Å². The van der Waals surface area contributed by atoms with Crippen LogP contribution < -0.4 is 5.32 Å². The third-order valence-corrected chi connectivity index (χ3v) is 5.50. The van der Waals surface area contributed by atoms with Crippen molar-refractivity contribution in [2.45, 2.75) is 6.54 Å². The maximum Gasteiger partial charge on any atom is 0.263 e. The molecule has 0 aliphatic carbocycles. The lowest BCUT2D eigenvalue weighted by atomic mass is 10.2. The van der Waals surface area contributed by atoms with Gasteiger partial charge in [-0.1, -0.05) is 46.9 Å². The summed E-state index contributed by atoms with van der Waals surface area (Å²) in [6, 6.07) is 9.65. The zero-order valence-electron chi connectivity index (χ0n) is 11.5. The van der Waals surface area contributed by atoms with E-state index in [2.05, 4.69) is 5.32 Å². The molecule has 0 saturated heterocycles. The molecule has 0 atom stereocenters. The van der Waals surface area contributed by atoms with E-state index in [1.807, 2.05) is 0 Å². The third kappa shape index (κ3) is 3.31. The molecule has 2 aromatic carbocycles. The summed E-state index contributed by atoms with van der Waals surface area (Å²) < 4.78 is 14.5. The molecule has 7 heteroatoms. The van der Waals surface area contributed by atoms with E-state index in [0.717, 1.165) is 16.9 Å². The van der Waals surface area contributed by atoms with Crippen molar-refractivity contribution in [2.75, 3.05) is 0 Å². The Morgan fingerprint density at radius 2 is 1.96 bits per heavy atom. The molecule has 23 heavy (non-hydrogen) atoms. The summed E-state index contributed by atoms with van der Waals surface area (Å²) in [6.07, 6.45) is 0. The monoisotopic (exact) mass is 387 g/mol. The predicted molar refractivity (Wildman–Crippen MR) is 94.4 cm³/mol. The highest BCUT2D eigenvalue weighted by Gasteiger charge is 2.19. The number of fused-ring (bicyclic) bond motifs is 1. The lowest BCUT2D eigenvalue weighted by Crippen LogP contribution is -2.22. The van der Waals surface area contributed by atoms with E-state index in [4.69, 9.17) is 34.8 Å². The second kappa shape index (κ2) is 6.65. The highest BCUT2D eigenvalue weighted by molar-refractivity contribution is 7.21. The first-order valence-corrected chi connectivity index (χ1v) is 8.51. The van der Waals surface area contributed by atoms with Crippen molar-refractivity contribution < 1.29 is 9.18 Å². The van der Waals surface area contributed by atoms with Crippen LogP contribution in [0.4, 0.5) is 4.39 Å². The summed E-state index contributed by atoms with van der Waals surface area (Å²) in [5.74, 6) is -0.815. The van der Waals surface area contributed by atoms with Crippen molar-refractivity contribution in [1.29, 1.82) is 0 Å². The average Bonchev–Trinajstić information content (AvgIpc) is 2.84. The minimum Gasteiger partial charge on any atom is -0.347 e. The summed E-state index contributed by atoms with van der Waals surface area (Å²) in [6.45, 7) is 0.224. The molecule has 118 valence electrons. The largest absolute Gasteiger partial charge is 0.347 e. The van der Waals surface area contributed by atoms with Crippen molar-refractivity contribution in [3.8, 4) is 0 Å². The van der Waals surface area contributed by atoms with Gasteiger partial charge in [0.2, 0.25) is 0 Å². The number of halogens is 4. The Labute approximate surface area is 150 Å². The molecule has 0 spiro atoms. The number of rotatable bonds is 3. The fourth-order valence-electron chi connectivity index (χ4n) is 2.14. The number of hydrogen-bond donors (Lipinski definition) is 1. The normalized spacial score (nSPS) is 11.0. The molecule has 0 unspecified atom stereocenters. The van der Waals surface area contributed by atoms with Gasteiger partial charge in [0, 0.05) is 26.7 Å². The number of benzene rings is 2. The van der Waals surface area contributed by atoms with Gasteiger partial charge in [-0.15, -0.1) is 11.3 Å². The van der Waals surface area contributed by atoms with Crippen LogP contribution in [-0.4, -0.2) is 5.91 Å². The van der Waals surface area contributed by atoms with E-state index in [1.165, 1.54) is 6.07 Å². The van der Waals surface area contributed by atoms with Crippen LogP contribution in [-0.2, 0) is 6.54 Å². The molecule has 3 aromatic rings. The number of nitrogens with one attached hydrogen (secondary N) is 1. The van der Waals surface area contributed by atoms with Gasteiger partial charge < -0.3 is 5.32 Å². The van der Waals surface area contributed by atoms with Crippen molar-refractivity contribution in [2.24, 2.45) is 0 Å². The lowest BCUT2D eigenvalue weighted by molar-refractivity contribution is 0.0955. The minimum absolute atomic E-state index is 0.128. The van der Waals surface area contributed by atoms with Gasteiger partial charge in [-0.3, -0.25) is 4.79 Å². The van der Waals surface area contributed by atoms with E-state index in [9.17, 15) is 9.18 Å². The topological polar surface area (TPSA) is 29.1 Å². The summed E-state index contributed by atoms with van der Waals surface area (Å²) in [4.78, 5) is 12.6. The minimum atomic E-state index is -0.441. The Bertz CT molecular complexity index is 910. The Balaban J connectivity index is 1.84. The first-order valence-electron chi connectivity index (χ1n) is 6.56. The van der Waals surface area contributed by atoms with Crippen LogP contribution in [0.1, 0.15) is 15.2 Å². The average molecular weight is 389 g/mol. The SMILES string of the molecule is O=C(NCc1ccc(Cl)cc1Cl)c1sc2cccc(F)c2c1Cl. The molecule has 0 saturated carbocycles. The zero-order valence-corrected chi connectivity index (χ0v) is 14.6. The highest BCUT2D eigenvalue weighted by Crippen LogP contribution is 2.36. The Kier molecular flexibility index (Phi) is 4.78. The van der Waals surface area contributed by atoms with Gasteiger partial charge in [-0.2, -0.15) is 0 Å². The standard InChI is InChI=1S/C16H9Cl3FNOS/c17-9-5-4-8(10(18)6-9)7-21-16(22)15-14(19)13-11(20)2-1-3-12(13)23-15/h1-6H,7H2,(H,21,22). The molecule has 1 aromatic heterocycles. The second-order valence-electron chi connectivity index (χ2n) is 4.78. The molecule has 1 amide bonds. The van der Waals surface area contributed by atoms with E-state index in [-0.39, 0.29) is 27.7 Å². The van der Waals surface area contributed by atoms with Crippen LogP contribution in [0.3, 0.4) is 0 Å². The molecular formula is C16H9Cl3FNOS. The van der Waals surface area contributed by atoms with Crippen LogP contribution in [0.15, 0.2) is 36.4 Å². The molecule has 2 nitrogen and oxygen atoms in total. The Morgan fingerprint density at radius 1 is 1.17 bits per heavy atom. The fourth-order valence-corrected chi connectivity index (χ4v) is 4.09. The van der Waals surface area contributed by atoms with Crippen molar-refractivity contribution in [1.82, 2.24) is 5.32 Å². The number of hydrogen-bond acceptors (Lipinski definition) is 2. The zero-order chi connectivity index (χ0) is 16.6. The van der Waals surface area contributed by atoms with Crippen LogP contribution in [0.5, 0.6) is 0 Å². The molecule has 0 aliphatic heterocycles. The van der Waals surface area contributed by atoms with E-state index < -0.39 is 5.82 Å².